The highest BCUT2D eigenvalue weighted by atomic mass is 19.3. The minimum absolute atomic E-state index is 0.0827. The smallest absolute Gasteiger partial charge is 0.284 e. The zero-order chi connectivity index (χ0) is 25.8. The quantitative estimate of drug-likeness (QED) is 0.245. The number of nitrogens with one attached hydrogen (secondary N) is 2. The predicted octanol–water partition coefficient (Wildman–Crippen LogP) is 2.08. The van der Waals surface area contributed by atoms with Gasteiger partial charge in [-0.05, 0) is 12.1 Å². The molecule has 3 aromatic heterocycles. The number of oxazole rings is 1. The zero-order valence-corrected chi connectivity index (χ0v) is 19.8. The number of pyridine rings is 1. The van der Waals surface area contributed by atoms with E-state index in [1.165, 1.54) is 17.9 Å². The fourth-order valence-electron chi connectivity index (χ4n) is 3.04. The van der Waals surface area contributed by atoms with E-state index in [9.17, 15) is 13.6 Å². The monoisotopic (exact) mass is 509 g/mol. The number of carbonyl (C=O) groups excluding carboxylic acids is 1. The number of alkyl halides is 2. The molecule has 3 aromatic rings. The lowest BCUT2D eigenvalue weighted by Crippen LogP contribution is -2.15. The van der Waals surface area contributed by atoms with Gasteiger partial charge in [0.25, 0.3) is 12.3 Å². The largest absolute Gasteiger partial charge is 0.443 e. The van der Waals surface area contributed by atoms with Gasteiger partial charge < -0.3 is 35.0 Å². The Balaban J connectivity index is 1.48. The van der Waals surface area contributed by atoms with Crippen molar-refractivity contribution >= 4 is 17.4 Å². The third-order valence-electron chi connectivity index (χ3n) is 4.63. The lowest BCUT2D eigenvalue weighted by molar-refractivity contribution is 0.0179. The topological polar surface area (TPSA) is 152 Å². The molecule has 0 aromatic carbocycles. The average Bonchev–Trinajstić information content (AvgIpc) is 3.50. The summed E-state index contributed by atoms with van der Waals surface area (Å²) in [6.07, 6.45) is 1.19. The van der Waals surface area contributed by atoms with Gasteiger partial charge in [0.15, 0.2) is 11.4 Å². The van der Waals surface area contributed by atoms with Crippen molar-refractivity contribution in [2.75, 3.05) is 63.4 Å². The molecule has 3 rings (SSSR count). The van der Waals surface area contributed by atoms with Gasteiger partial charge in [-0.15, -0.1) is 0 Å². The third-order valence-corrected chi connectivity index (χ3v) is 4.63. The molecule has 4 N–H and O–H groups in total. The summed E-state index contributed by atoms with van der Waals surface area (Å²) in [6, 6.07) is 3.42. The number of amides is 1. The standard InChI is InChI=1S/C22H29F2N7O5/c1-31-13-16(18(30-31)19(23)24)28-21(32)17-14-36-22(29-17)15-3-2-5-26-20(15)27-6-8-34-10-12-35-11-9-33-7-4-25/h2-3,5,13-14,19H,4,6-12,25H2,1H3,(H,26,27)(H,28,32). The molecule has 0 unspecified atom stereocenters. The number of halogens is 2. The first-order valence-electron chi connectivity index (χ1n) is 11.2. The highest BCUT2D eigenvalue weighted by Gasteiger charge is 2.22. The van der Waals surface area contributed by atoms with Gasteiger partial charge in [0.05, 0.1) is 50.9 Å². The Morgan fingerprint density at radius 3 is 2.61 bits per heavy atom. The van der Waals surface area contributed by atoms with E-state index in [1.54, 1.807) is 18.3 Å². The maximum atomic E-state index is 13.1. The molecule has 1 amide bonds. The van der Waals surface area contributed by atoms with E-state index in [4.69, 9.17) is 24.4 Å². The number of aryl methyl sites for hydroxylation is 1. The summed E-state index contributed by atoms with van der Waals surface area (Å²) >= 11 is 0. The van der Waals surface area contributed by atoms with Crippen molar-refractivity contribution in [1.82, 2.24) is 19.7 Å². The minimum Gasteiger partial charge on any atom is -0.443 e. The van der Waals surface area contributed by atoms with Crippen LogP contribution in [0.15, 0.2) is 35.2 Å². The van der Waals surface area contributed by atoms with Gasteiger partial charge in [-0.2, -0.15) is 5.10 Å². The van der Waals surface area contributed by atoms with Crippen molar-refractivity contribution < 1.29 is 32.2 Å². The average molecular weight is 510 g/mol. The number of nitrogens with zero attached hydrogens (tertiary/aromatic N) is 4. The molecule has 0 aliphatic heterocycles. The number of rotatable bonds is 16. The van der Waals surface area contributed by atoms with Gasteiger partial charge in [0, 0.05) is 32.5 Å². The fraction of sp³-hybridized carbons (Fsp3) is 0.455. The van der Waals surface area contributed by atoms with E-state index >= 15 is 0 Å². The Kier molecular flexibility index (Phi) is 10.7. The molecule has 0 saturated carbocycles. The molecule has 0 bridgehead atoms. The van der Waals surface area contributed by atoms with Crippen LogP contribution < -0.4 is 16.4 Å². The SMILES string of the molecule is Cn1cc(NC(=O)c2coc(-c3cccnc3NCCOCCOCCOCCN)n2)c(C(F)F)n1. The highest BCUT2D eigenvalue weighted by Crippen LogP contribution is 2.27. The molecule has 0 atom stereocenters. The van der Waals surface area contributed by atoms with Gasteiger partial charge >= 0.3 is 0 Å². The third kappa shape index (κ3) is 8.05. The second-order valence-electron chi connectivity index (χ2n) is 7.35. The number of nitrogens with two attached hydrogens (primary N) is 1. The number of hydrogen-bond acceptors (Lipinski definition) is 10. The molecule has 3 heterocycles. The minimum atomic E-state index is -2.84. The van der Waals surface area contributed by atoms with Crippen molar-refractivity contribution in [2.45, 2.75) is 6.43 Å². The van der Waals surface area contributed by atoms with Crippen LogP contribution in [0.1, 0.15) is 22.6 Å². The van der Waals surface area contributed by atoms with E-state index in [2.05, 4.69) is 25.7 Å². The lowest BCUT2D eigenvalue weighted by atomic mass is 10.2. The maximum Gasteiger partial charge on any atom is 0.284 e. The molecule has 196 valence electrons. The Bertz CT molecular complexity index is 1090. The Morgan fingerprint density at radius 1 is 1.17 bits per heavy atom. The first-order valence-corrected chi connectivity index (χ1v) is 11.2. The molecule has 12 nitrogen and oxygen atoms in total. The molecular formula is C22H29F2N7O5. The summed E-state index contributed by atoms with van der Waals surface area (Å²) < 4.78 is 49.0. The van der Waals surface area contributed by atoms with Crippen LogP contribution in [0.3, 0.4) is 0 Å². The summed E-state index contributed by atoms with van der Waals surface area (Å²) in [4.78, 5) is 21.0. The Labute approximate surface area is 206 Å². The van der Waals surface area contributed by atoms with Crippen LogP contribution in [0.5, 0.6) is 0 Å². The van der Waals surface area contributed by atoms with Gasteiger partial charge in [-0.25, -0.2) is 18.7 Å². The number of anilines is 2. The predicted molar refractivity (Wildman–Crippen MR) is 126 cm³/mol. The van der Waals surface area contributed by atoms with Gasteiger partial charge in [0.2, 0.25) is 5.89 Å². The number of ether oxygens (including phenoxy) is 3. The van der Waals surface area contributed by atoms with Crippen molar-refractivity contribution in [1.29, 1.82) is 0 Å². The number of carbonyl (C=O) groups is 1. The molecule has 0 radical (unpaired) electrons. The molecular weight excluding hydrogens is 480 g/mol. The van der Waals surface area contributed by atoms with Crippen molar-refractivity contribution in [3.63, 3.8) is 0 Å². The van der Waals surface area contributed by atoms with Crippen LogP contribution in [0.2, 0.25) is 0 Å². The molecule has 14 heteroatoms. The Morgan fingerprint density at radius 2 is 1.89 bits per heavy atom. The van der Waals surface area contributed by atoms with Crippen LogP contribution in [0, 0.1) is 0 Å². The molecule has 36 heavy (non-hydrogen) atoms. The van der Waals surface area contributed by atoms with E-state index < -0.39 is 18.0 Å². The second kappa shape index (κ2) is 14.2. The Hall–Kier alpha value is -3.46. The molecule has 0 aliphatic rings. The summed E-state index contributed by atoms with van der Waals surface area (Å²) in [6.45, 7) is 3.69. The van der Waals surface area contributed by atoms with Gasteiger partial charge in [-0.1, -0.05) is 0 Å². The first-order chi connectivity index (χ1) is 17.5. The van der Waals surface area contributed by atoms with Crippen molar-refractivity contribution in [2.24, 2.45) is 12.8 Å². The maximum absolute atomic E-state index is 13.1. The number of aromatic nitrogens is 4. The van der Waals surface area contributed by atoms with Crippen molar-refractivity contribution in [3.8, 4) is 11.5 Å². The second-order valence-corrected chi connectivity index (χ2v) is 7.35. The van der Waals surface area contributed by atoms with Crippen LogP contribution in [-0.4, -0.2) is 78.4 Å². The fourth-order valence-corrected chi connectivity index (χ4v) is 3.04. The lowest BCUT2D eigenvalue weighted by Gasteiger charge is -2.09. The first kappa shape index (κ1) is 27.1. The van der Waals surface area contributed by atoms with Crippen LogP contribution in [0.25, 0.3) is 11.5 Å². The summed E-state index contributed by atoms with van der Waals surface area (Å²) in [5.74, 6) is -0.0856. The molecule has 0 aliphatic carbocycles. The van der Waals surface area contributed by atoms with E-state index in [0.717, 1.165) is 6.26 Å². The summed E-state index contributed by atoms with van der Waals surface area (Å²) in [5.41, 5.74) is 5.14. The summed E-state index contributed by atoms with van der Waals surface area (Å²) in [5, 5.41) is 9.18. The zero-order valence-electron chi connectivity index (χ0n) is 19.8. The van der Waals surface area contributed by atoms with Crippen LogP contribution in [-0.2, 0) is 21.3 Å². The molecule has 0 fully saturated rings. The van der Waals surface area contributed by atoms with Gasteiger partial charge in [-0.3, -0.25) is 9.48 Å². The molecule has 0 spiro atoms. The van der Waals surface area contributed by atoms with Crippen LogP contribution >= 0.6 is 0 Å². The van der Waals surface area contributed by atoms with E-state index in [0.29, 0.717) is 64.1 Å². The summed E-state index contributed by atoms with van der Waals surface area (Å²) in [7, 11) is 1.48. The highest BCUT2D eigenvalue weighted by molar-refractivity contribution is 6.03. The van der Waals surface area contributed by atoms with Crippen LogP contribution in [0.4, 0.5) is 20.3 Å². The van der Waals surface area contributed by atoms with Crippen molar-refractivity contribution in [3.05, 3.63) is 42.2 Å². The number of hydrogen-bond donors (Lipinski definition) is 3. The van der Waals surface area contributed by atoms with E-state index in [1.807, 2.05) is 0 Å². The van der Waals surface area contributed by atoms with Gasteiger partial charge in [0.1, 0.15) is 12.1 Å². The van der Waals surface area contributed by atoms with E-state index in [-0.39, 0.29) is 17.3 Å². The molecule has 0 saturated heterocycles. The normalized spacial score (nSPS) is 11.2.